The number of Topliss-reactive ketones (excluding diaryl/α,β-unsaturated/α-hetero) is 1. The van der Waals surface area contributed by atoms with Crippen molar-refractivity contribution in [2.75, 3.05) is 11.7 Å². The lowest BCUT2D eigenvalue weighted by atomic mass is 9.83. The molecule has 10 nitrogen and oxygen atoms in total. The third kappa shape index (κ3) is 3.03. The Labute approximate surface area is 215 Å². The highest BCUT2D eigenvalue weighted by Gasteiger charge is 2.64. The van der Waals surface area contributed by atoms with Gasteiger partial charge in [-0.3, -0.25) is 24.5 Å². The molecule has 0 unspecified atom stereocenters. The van der Waals surface area contributed by atoms with Crippen molar-refractivity contribution in [1.82, 2.24) is 4.90 Å². The van der Waals surface area contributed by atoms with E-state index in [9.17, 15) is 24.5 Å². The van der Waals surface area contributed by atoms with Gasteiger partial charge in [-0.2, -0.15) is 0 Å². The fraction of sp³-hybridized carbons (Fsp3) is 0.179. The lowest BCUT2D eigenvalue weighted by Crippen LogP contribution is -2.44. The van der Waals surface area contributed by atoms with Gasteiger partial charge in [0.2, 0.25) is 18.6 Å². The Balaban J connectivity index is 1.34. The van der Waals surface area contributed by atoms with Gasteiger partial charge in [0, 0.05) is 30.0 Å². The molecule has 4 atom stereocenters. The quantitative estimate of drug-likeness (QED) is 0.226. The Hall–Kier alpha value is -4.99. The summed E-state index contributed by atoms with van der Waals surface area (Å²) in [5.74, 6) is -2.03. The minimum atomic E-state index is -0.966. The van der Waals surface area contributed by atoms with E-state index in [2.05, 4.69) is 0 Å². The van der Waals surface area contributed by atoms with Crippen LogP contribution in [-0.4, -0.2) is 40.3 Å². The van der Waals surface area contributed by atoms with Crippen LogP contribution in [0.2, 0.25) is 0 Å². The molecule has 2 saturated heterocycles. The number of benzene rings is 3. The Morgan fingerprint density at radius 3 is 2.45 bits per heavy atom. The number of carbonyl (C=O) groups is 3. The number of nitro benzene ring substituents is 1. The fourth-order valence-corrected chi connectivity index (χ4v) is 6.05. The molecule has 4 heterocycles. The maximum atomic E-state index is 14.0. The summed E-state index contributed by atoms with van der Waals surface area (Å²) in [4.78, 5) is 55.4. The highest BCUT2D eigenvalue weighted by Crippen LogP contribution is 2.54. The minimum absolute atomic E-state index is 0.0535. The number of non-ortho nitro benzene ring substituents is 1. The number of fused-ring (bicyclic) bond motifs is 6. The zero-order valence-corrected chi connectivity index (χ0v) is 19.7. The van der Waals surface area contributed by atoms with Gasteiger partial charge >= 0.3 is 0 Å². The van der Waals surface area contributed by atoms with E-state index >= 15 is 0 Å². The summed E-state index contributed by atoms with van der Waals surface area (Å²) >= 11 is 0. The standard InChI is InChI=1S/C28H19N3O7/c32-26(16-5-7-17(8-6-16)31(35)36)25-23-22(24-19-4-2-1-3-15(19)11-12-29(24)25)27(33)30(28(23)34)18-9-10-20-21(13-18)38-14-37-20/h1-13,22-25H,14H2/t22-,23-,24-,25+/m0/s1. The lowest BCUT2D eigenvalue weighted by molar-refractivity contribution is -0.384. The molecule has 0 aliphatic carbocycles. The molecule has 3 aromatic carbocycles. The Kier molecular flexibility index (Phi) is 4.68. The predicted molar refractivity (Wildman–Crippen MR) is 133 cm³/mol. The number of imide groups is 1. The van der Waals surface area contributed by atoms with Gasteiger partial charge in [0.15, 0.2) is 17.3 Å². The summed E-state index contributed by atoms with van der Waals surface area (Å²) in [5, 5.41) is 11.1. The van der Waals surface area contributed by atoms with E-state index < -0.39 is 40.7 Å². The van der Waals surface area contributed by atoms with Crippen molar-refractivity contribution in [3.63, 3.8) is 0 Å². The second kappa shape index (κ2) is 8.01. The molecule has 10 heteroatoms. The summed E-state index contributed by atoms with van der Waals surface area (Å²) in [6.07, 6.45) is 3.64. The van der Waals surface area contributed by atoms with Crippen LogP contribution in [0.25, 0.3) is 6.08 Å². The molecular formula is C28H19N3O7. The number of hydrogen-bond acceptors (Lipinski definition) is 8. The van der Waals surface area contributed by atoms with Crippen molar-refractivity contribution < 1.29 is 28.8 Å². The number of nitro groups is 1. The number of hydrogen-bond donors (Lipinski definition) is 0. The zero-order chi connectivity index (χ0) is 26.1. The van der Waals surface area contributed by atoms with Crippen LogP contribution in [0.15, 0.2) is 72.9 Å². The summed E-state index contributed by atoms with van der Waals surface area (Å²) in [5.41, 5.74) is 2.22. The van der Waals surface area contributed by atoms with Crippen molar-refractivity contribution >= 4 is 35.0 Å². The highest BCUT2D eigenvalue weighted by atomic mass is 16.7. The third-order valence-corrected chi connectivity index (χ3v) is 7.71. The number of anilines is 1. The second-order valence-corrected chi connectivity index (χ2v) is 9.55. The normalized spacial score (nSPS) is 24.3. The van der Waals surface area contributed by atoms with E-state index in [1.807, 2.05) is 30.3 Å². The van der Waals surface area contributed by atoms with Crippen molar-refractivity contribution in [2.24, 2.45) is 11.8 Å². The zero-order valence-electron chi connectivity index (χ0n) is 19.7. The summed E-state index contributed by atoms with van der Waals surface area (Å²) < 4.78 is 10.8. The van der Waals surface area contributed by atoms with Gasteiger partial charge in [-0.25, -0.2) is 4.90 Å². The molecule has 2 fully saturated rings. The Morgan fingerprint density at radius 2 is 1.66 bits per heavy atom. The third-order valence-electron chi connectivity index (χ3n) is 7.71. The first-order valence-electron chi connectivity index (χ1n) is 12.0. The molecule has 0 spiro atoms. The minimum Gasteiger partial charge on any atom is -0.454 e. The van der Waals surface area contributed by atoms with Crippen molar-refractivity contribution in [3.05, 3.63) is 99.7 Å². The Bertz CT molecular complexity index is 1580. The summed E-state index contributed by atoms with van der Waals surface area (Å²) in [6.45, 7) is 0.0535. The first-order chi connectivity index (χ1) is 18.4. The molecule has 3 aromatic rings. The molecular weight excluding hydrogens is 490 g/mol. The van der Waals surface area contributed by atoms with Crippen LogP contribution in [0.3, 0.4) is 0 Å². The van der Waals surface area contributed by atoms with Crippen LogP contribution >= 0.6 is 0 Å². The van der Waals surface area contributed by atoms with Crippen LogP contribution in [0, 0.1) is 22.0 Å². The number of nitrogens with zero attached hydrogens (tertiary/aromatic N) is 3. The smallest absolute Gasteiger partial charge is 0.269 e. The molecule has 0 N–H and O–H groups in total. The molecule has 0 saturated carbocycles. The van der Waals surface area contributed by atoms with Crippen LogP contribution in [-0.2, 0) is 9.59 Å². The molecule has 4 aliphatic heterocycles. The van der Waals surface area contributed by atoms with Gasteiger partial charge in [-0.1, -0.05) is 24.3 Å². The average Bonchev–Trinajstić information content (AvgIpc) is 3.61. The number of ketones is 1. The first kappa shape index (κ1) is 22.2. The van der Waals surface area contributed by atoms with Gasteiger partial charge in [-0.15, -0.1) is 0 Å². The summed E-state index contributed by atoms with van der Waals surface area (Å²) in [7, 11) is 0. The van der Waals surface area contributed by atoms with Crippen LogP contribution in [0.4, 0.5) is 11.4 Å². The molecule has 0 aromatic heterocycles. The molecule has 188 valence electrons. The van der Waals surface area contributed by atoms with Crippen molar-refractivity contribution in [3.8, 4) is 11.5 Å². The maximum Gasteiger partial charge on any atom is 0.269 e. The van der Waals surface area contributed by atoms with Gasteiger partial charge in [-0.05, 0) is 41.5 Å². The van der Waals surface area contributed by atoms with E-state index in [4.69, 9.17) is 9.47 Å². The maximum absolute atomic E-state index is 14.0. The summed E-state index contributed by atoms with van der Waals surface area (Å²) in [6, 6.07) is 16.3. The number of amides is 2. The van der Waals surface area contributed by atoms with Crippen LogP contribution < -0.4 is 14.4 Å². The molecule has 4 aliphatic rings. The van der Waals surface area contributed by atoms with Gasteiger partial charge in [0.1, 0.15) is 6.04 Å². The second-order valence-electron chi connectivity index (χ2n) is 9.55. The SMILES string of the molecule is O=C(c1ccc([N+](=O)[O-])cc1)[C@H]1[C@H]2C(=O)N(c3ccc4c(c3)OCO4)C(=O)[C@@H]2[C@@H]2c3ccccc3C=CN12. The van der Waals surface area contributed by atoms with Gasteiger partial charge < -0.3 is 14.4 Å². The van der Waals surface area contributed by atoms with Crippen molar-refractivity contribution in [1.29, 1.82) is 0 Å². The number of ether oxygens (including phenoxy) is 2. The van der Waals surface area contributed by atoms with E-state index in [0.29, 0.717) is 17.2 Å². The average molecular weight is 509 g/mol. The molecule has 7 rings (SSSR count). The van der Waals surface area contributed by atoms with Gasteiger partial charge in [0.25, 0.3) is 5.69 Å². The van der Waals surface area contributed by atoms with E-state index in [1.165, 1.54) is 24.3 Å². The van der Waals surface area contributed by atoms with Gasteiger partial charge in [0.05, 0.1) is 28.5 Å². The number of carbonyl (C=O) groups excluding carboxylic acids is 3. The number of rotatable bonds is 4. The van der Waals surface area contributed by atoms with Crippen LogP contribution in [0.5, 0.6) is 11.5 Å². The monoisotopic (exact) mass is 509 g/mol. The lowest BCUT2D eigenvalue weighted by Gasteiger charge is -2.35. The largest absolute Gasteiger partial charge is 0.454 e. The topological polar surface area (TPSA) is 119 Å². The van der Waals surface area contributed by atoms with Crippen LogP contribution in [0.1, 0.15) is 27.5 Å². The molecule has 38 heavy (non-hydrogen) atoms. The highest BCUT2D eigenvalue weighted by molar-refractivity contribution is 6.24. The van der Waals surface area contributed by atoms with E-state index in [0.717, 1.165) is 16.0 Å². The Morgan fingerprint density at radius 1 is 0.921 bits per heavy atom. The molecule has 0 radical (unpaired) electrons. The van der Waals surface area contributed by atoms with E-state index in [-0.39, 0.29) is 23.8 Å². The van der Waals surface area contributed by atoms with Crippen molar-refractivity contribution in [2.45, 2.75) is 12.1 Å². The first-order valence-corrected chi connectivity index (χ1v) is 12.0. The fourth-order valence-electron chi connectivity index (χ4n) is 6.05. The molecule has 0 bridgehead atoms. The molecule has 2 amide bonds. The predicted octanol–water partition coefficient (Wildman–Crippen LogP) is 3.72. The van der Waals surface area contributed by atoms with E-state index in [1.54, 1.807) is 29.3 Å².